The van der Waals surface area contributed by atoms with Gasteiger partial charge in [0.05, 0.1) is 9.95 Å². The molecule has 19 heavy (non-hydrogen) atoms. The van der Waals surface area contributed by atoms with Gasteiger partial charge in [-0.25, -0.2) is 4.39 Å². The van der Waals surface area contributed by atoms with E-state index in [-0.39, 0.29) is 16.8 Å². The smallest absolute Gasteiger partial charge is 0.274 e. The minimum absolute atomic E-state index is 0.0688. The van der Waals surface area contributed by atoms with Crippen molar-refractivity contribution in [3.63, 3.8) is 0 Å². The average Bonchev–Trinajstić information content (AvgIpc) is 2.31. The Labute approximate surface area is 117 Å². The third-order valence-electron chi connectivity index (χ3n) is 2.95. The Morgan fingerprint density at radius 3 is 2.58 bits per heavy atom. The SMILES string of the molecule is CNC(Cc1cc(F)c(Cl)cc1[N+](=O)[O-])CC(C)C. The van der Waals surface area contributed by atoms with Crippen molar-refractivity contribution in [2.24, 2.45) is 5.92 Å². The van der Waals surface area contributed by atoms with Crippen LogP contribution in [0, 0.1) is 21.8 Å². The lowest BCUT2D eigenvalue weighted by molar-refractivity contribution is -0.385. The molecule has 0 bridgehead atoms. The zero-order valence-corrected chi connectivity index (χ0v) is 12.0. The summed E-state index contributed by atoms with van der Waals surface area (Å²) in [6, 6.07) is 2.30. The van der Waals surface area contributed by atoms with Crippen LogP contribution in [0.5, 0.6) is 0 Å². The van der Waals surface area contributed by atoms with E-state index in [0.29, 0.717) is 17.9 Å². The van der Waals surface area contributed by atoms with Crippen LogP contribution in [-0.4, -0.2) is 18.0 Å². The average molecular weight is 289 g/mol. The van der Waals surface area contributed by atoms with Crippen molar-refractivity contribution in [1.29, 1.82) is 0 Å². The molecule has 1 aromatic rings. The second kappa shape index (κ2) is 6.82. The minimum atomic E-state index is -0.623. The highest BCUT2D eigenvalue weighted by Crippen LogP contribution is 2.27. The van der Waals surface area contributed by atoms with Crippen molar-refractivity contribution in [3.8, 4) is 0 Å². The van der Waals surface area contributed by atoms with E-state index in [1.54, 1.807) is 7.05 Å². The Bertz CT molecular complexity index is 466. The van der Waals surface area contributed by atoms with Gasteiger partial charge >= 0.3 is 0 Å². The highest BCUT2D eigenvalue weighted by Gasteiger charge is 2.20. The van der Waals surface area contributed by atoms with Crippen molar-refractivity contribution < 1.29 is 9.31 Å². The number of hydrogen-bond donors (Lipinski definition) is 1. The first-order chi connectivity index (χ1) is 8.85. The summed E-state index contributed by atoms with van der Waals surface area (Å²) in [4.78, 5) is 10.5. The maximum atomic E-state index is 13.5. The van der Waals surface area contributed by atoms with Crippen LogP contribution in [0.15, 0.2) is 12.1 Å². The molecule has 0 aliphatic heterocycles. The van der Waals surface area contributed by atoms with Crippen LogP contribution in [0.2, 0.25) is 5.02 Å². The summed E-state index contributed by atoms with van der Waals surface area (Å²) in [5.41, 5.74) is 0.238. The standard InChI is InChI=1S/C13H18ClFN2O2/c1-8(2)4-10(16-3)5-9-6-12(15)11(14)7-13(9)17(18)19/h6-8,10,16H,4-5H2,1-3H3. The molecule has 0 aliphatic carbocycles. The summed E-state index contributed by atoms with van der Waals surface area (Å²) in [5.74, 6) is -0.171. The molecule has 1 N–H and O–H groups in total. The second-order valence-electron chi connectivity index (χ2n) is 4.97. The molecule has 0 saturated carbocycles. The predicted molar refractivity (Wildman–Crippen MR) is 74.1 cm³/mol. The van der Waals surface area contributed by atoms with E-state index >= 15 is 0 Å². The number of benzene rings is 1. The maximum Gasteiger partial charge on any atom is 0.274 e. The third-order valence-corrected chi connectivity index (χ3v) is 3.24. The van der Waals surface area contributed by atoms with Gasteiger partial charge < -0.3 is 5.32 Å². The first kappa shape index (κ1) is 15.9. The number of nitro benzene ring substituents is 1. The van der Waals surface area contributed by atoms with Gasteiger partial charge in [0.25, 0.3) is 5.69 Å². The van der Waals surface area contributed by atoms with Crippen molar-refractivity contribution in [3.05, 3.63) is 38.7 Å². The Kier molecular flexibility index (Phi) is 5.69. The molecular weight excluding hydrogens is 271 g/mol. The molecule has 1 rings (SSSR count). The minimum Gasteiger partial charge on any atom is -0.317 e. The highest BCUT2D eigenvalue weighted by molar-refractivity contribution is 6.31. The van der Waals surface area contributed by atoms with Crippen LogP contribution in [0.1, 0.15) is 25.8 Å². The zero-order chi connectivity index (χ0) is 14.6. The number of halogens is 2. The van der Waals surface area contributed by atoms with Crippen LogP contribution < -0.4 is 5.32 Å². The van der Waals surface area contributed by atoms with E-state index in [2.05, 4.69) is 19.2 Å². The highest BCUT2D eigenvalue weighted by atomic mass is 35.5. The molecule has 0 radical (unpaired) electrons. The fraction of sp³-hybridized carbons (Fsp3) is 0.538. The quantitative estimate of drug-likeness (QED) is 0.643. The second-order valence-corrected chi connectivity index (χ2v) is 5.38. The van der Waals surface area contributed by atoms with Crippen LogP contribution in [-0.2, 0) is 6.42 Å². The topological polar surface area (TPSA) is 55.2 Å². The summed E-state index contributed by atoms with van der Waals surface area (Å²) >= 11 is 5.59. The lowest BCUT2D eigenvalue weighted by atomic mass is 9.96. The number of nitrogens with one attached hydrogen (secondary N) is 1. The Morgan fingerprint density at radius 1 is 1.47 bits per heavy atom. The monoisotopic (exact) mass is 288 g/mol. The molecule has 0 spiro atoms. The van der Waals surface area contributed by atoms with Crippen molar-refractivity contribution in [2.45, 2.75) is 32.7 Å². The third kappa shape index (κ3) is 4.44. The number of likely N-dealkylation sites (N-methyl/N-ethyl adjacent to an activating group) is 1. The molecule has 0 heterocycles. The predicted octanol–water partition coefficient (Wildman–Crippen LogP) is 3.56. The zero-order valence-electron chi connectivity index (χ0n) is 11.2. The van der Waals surface area contributed by atoms with Gasteiger partial charge in [0, 0.05) is 17.7 Å². The van der Waals surface area contributed by atoms with Gasteiger partial charge in [0.2, 0.25) is 0 Å². The summed E-state index contributed by atoms with van der Waals surface area (Å²) in [7, 11) is 1.80. The molecule has 0 fully saturated rings. The Hall–Kier alpha value is -1.20. The number of rotatable bonds is 6. The van der Waals surface area contributed by atoms with Crippen LogP contribution in [0.3, 0.4) is 0 Å². The fourth-order valence-corrected chi connectivity index (χ4v) is 2.21. The van der Waals surface area contributed by atoms with E-state index in [1.165, 1.54) is 0 Å². The molecule has 1 unspecified atom stereocenters. The molecule has 1 aromatic carbocycles. The summed E-state index contributed by atoms with van der Waals surface area (Å²) in [5, 5.41) is 13.9. The van der Waals surface area contributed by atoms with E-state index in [0.717, 1.165) is 18.6 Å². The maximum absolute atomic E-state index is 13.5. The van der Waals surface area contributed by atoms with E-state index < -0.39 is 10.7 Å². The van der Waals surface area contributed by atoms with Gasteiger partial charge in [-0.05, 0) is 31.9 Å². The lowest BCUT2D eigenvalue weighted by Gasteiger charge is -2.18. The molecule has 106 valence electrons. The van der Waals surface area contributed by atoms with E-state index in [1.807, 2.05) is 0 Å². The molecule has 4 nitrogen and oxygen atoms in total. The van der Waals surface area contributed by atoms with Gasteiger partial charge in [0.15, 0.2) is 0 Å². The van der Waals surface area contributed by atoms with Gasteiger partial charge in [-0.2, -0.15) is 0 Å². The molecular formula is C13H18ClFN2O2. The van der Waals surface area contributed by atoms with Gasteiger partial charge in [0.1, 0.15) is 5.82 Å². The summed E-state index contributed by atoms with van der Waals surface area (Å²) < 4.78 is 13.5. The summed E-state index contributed by atoms with van der Waals surface area (Å²) in [6.45, 7) is 4.14. The van der Waals surface area contributed by atoms with E-state index in [9.17, 15) is 14.5 Å². The van der Waals surface area contributed by atoms with Crippen molar-refractivity contribution in [2.75, 3.05) is 7.05 Å². The van der Waals surface area contributed by atoms with Gasteiger partial charge in [-0.1, -0.05) is 25.4 Å². The molecule has 0 aromatic heterocycles. The Morgan fingerprint density at radius 2 is 2.11 bits per heavy atom. The van der Waals surface area contributed by atoms with Crippen LogP contribution in [0.25, 0.3) is 0 Å². The largest absolute Gasteiger partial charge is 0.317 e. The number of hydrogen-bond acceptors (Lipinski definition) is 3. The van der Waals surface area contributed by atoms with E-state index in [4.69, 9.17) is 11.6 Å². The number of nitrogens with zero attached hydrogens (tertiary/aromatic N) is 1. The molecule has 0 amide bonds. The van der Waals surface area contributed by atoms with Gasteiger partial charge in [-0.15, -0.1) is 0 Å². The normalized spacial score (nSPS) is 12.7. The molecule has 0 saturated heterocycles. The first-order valence-electron chi connectivity index (χ1n) is 6.14. The van der Waals surface area contributed by atoms with Gasteiger partial charge in [-0.3, -0.25) is 10.1 Å². The van der Waals surface area contributed by atoms with Crippen LogP contribution >= 0.6 is 11.6 Å². The fourth-order valence-electron chi connectivity index (χ4n) is 2.05. The van der Waals surface area contributed by atoms with Crippen LogP contribution in [0.4, 0.5) is 10.1 Å². The Balaban J connectivity index is 3.04. The van der Waals surface area contributed by atoms with Crippen molar-refractivity contribution >= 4 is 17.3 Å². The summed E-state index contributed by atoms with van der Waals surface area (Å²) in [6.07, 6.45) is 1.26. The first-order valence-corrected chi connectivity index (χ1v) is 6.52. The molecule has 1 atom stereocenters. The molecule has 6 heteroatoms. The molecule has 0 aliphatic rings. The van der Waals surface area contributed by atoms with Crippen molar-refractivity contribution in [1.82, 2.24) is 5.32 Å². The number of nitro groups is 1. The lowest BCUT2D eigenvalue weighted by Crippen LogP contribution is -2.29.